The first-order valence-electron chi connectivity index (χ1n) is 14.9. The third-order valence-electron chi connectivity index (χ3n) is 10.9. The lowest BCUT2D eigenvalue weighted by Gasteiger charge is -2.58. The largest absolute Gasteiger partial charge is 0.445 e. The molecule has 5 nitrogen and oxygen atoms in total. The number of ether oxygens (including phenoxy) is 2. The molecule has 4 aliphatic carbocycles. The van der Waals surface area contributed by atoms with Crippen LogP contribution in [0, 0.1) is 34.5 Å². The fraction of sp³-hybridized carbons (Fsp3) is 0.900. The van der Waals surface area contributed by atoms with E-state index < -0.39 is 9.89 Å². The minimum absolute atomic E-state index is 0.0194. The van der Waals surface area contributed by atoms with Gasteiger partial charge in [0.25, 0.3) is 0 Å². The van der Waals surface area contributed by atoms with E-state index >= 15 is 0 Å². The summed E-state index contributed by atoms with van der Waals surface area (Å²) in [6, 6.07) is 0.0194. The zero-order valence-corrected chi connectivity index (χ0v) is 25.7. The van der Waals surface area contributed by atoms with E-state index in [4.69, 9.17) is 49.4 Å². The predicted molar refractivity (Wildman–Crippen MR) is 155 cm³/mol. The van der Waals surface area contributed by atoms with Crippen molar-refractivity contribution >= 4 is 40.9 Å². The minimum atomic E-state index is -1.60. The molecule has 3 fully saturated rings. The summed E-state index contributed by atoms with van der Waals surface area (Å²) in [7, 11) is 0. The van der Waals surface area contributed by atoms with Crippen LogP contribution < -0.4 is 5.32 Å². The highest BCUT2D eigenvalue weighted by atomic mass is 35.6. The summed E-state index contributed by atoms with van der Waals surface area (Å²) in [6.45, 7) is 8.01. The van der Waals surface area contributed by atoms with E-state index in [1.54, 1.807) is 5.57 Å². The number of halogens is 3. The van der Waals surface area contributed by atoms with Crippen molar-refractivity contribution in [2.75, 3.05) is 19.8 Å². The van der Waals surface area contributed by atoms with Crippen LogP contribution in [0.15, 0.2) is 11.6 Å². The smallest absolute Gasteiger partial charge is 0.407 e. The number of alkyl carbamates (subject to hydrolysis) is 1. The van der Waals surface area contributed by atoms with Crippen LogP contribution in [0.3, 0.4) is 0 Å². The number of nitrogens with one attached hydrogen (secondary N) is 1. The maximum atomic E-state index is 12.4. The number of carbonyl (C=O) groups is 1. The van der Waals surface area contributed by atoms with Gasteiger partial charge in [-0.05, 0) is 106 Å². The van der Waals surface area contributed by atoms with Gasteiger partial charge >= 0.3 is 6.09 Å². The Morgan fingerprint density at radius 3 is 2.61 bits per heavy atom. The normalized spacial score (nSPS) is 37.4. The van der Waals surface area contributed by atoms with E-state index in [0.717, 1.165) is 63.4 Å². The van der Waals surface area contributed by atoms with Crippen LogP contribution in [0.5, 0.6) is 0 Å². The van der Waals surface area contributed by atoms with Crippen LogP contribution in [0.1, 0.15) is 97.8 Å². The first-order chi connectivity index (χ1) is 18.0. The van der Waals surface area contributed by atoms with Crippen molar-refractivity contribution in [1.29, 1.82) is 0 Å². The molecule has 0 radical (unpaired) electrons. The van der Waals surface area contributed by atoms with E-state index in [1.807, 2.05) is 0 Å². The lowest BCUT2D eigenvalue weighted by Crippen LogP contribution is -2.52. The Labute approximate surface area is 244 Å². The molecule has 0 bridgehead atoms. The van der Waals surface area contributed by atoms with E-state index in [0.29, 0.717) is 30.0 Å². The topological polar surface area (TPSA) is 67.8 Å². The molecule has 2 N–H and O–H groups in total. The average molecular weight is 593 g/mol. The fourth-order valence-corrected chi connectivity index (χ4v) is 9.09. The molecule has 8 atom stereocenters. The van der Waals surface area contributed by atoms with Crippen molar-refractivity contribution in [2.45, 2.75) is 114 Å². The van der Waals surface area contributed by atoms with Gasteiger partial charge in [-0.1, -0.05) is 73.1 Å². The highest BCUT2D eigenvalue weighted by molar-refractivity contribution is 6.67. The van der Waals surface area contributed by atoms with Crippen molar-refractivity contribution < 1.29 is 19.4 Å². The second-order valence-corrected chi connectivity index (χ2v) is 15.5. The van der Waals surface area contributed by atoms with Gasteiger partial charge in [-0.25, -0.2) is 4.79 Å². The SMILES string of the molecule is C[C@@H](NC(=O)OCC(Cl)(Cl)Cl)[C@H]1CC[C@H]2[C@@H]3CC=C4C[C@@H](OCCCCCCO)CC[C@]4(C)[C@H]3CC[C@]12C. The molecular weight excluding hydrogens is 545 g/mol. The summed E-state index contributed by atoms with van der Waals surface area (Å²) in [5.74, 6) is 2.58. The summed E-state index contributed by atoms with van der Waals surface area (Å²) in [5.41, 5.74) is 2.18. The van der Waals surface area contributed by atoms with Crippen LogP contribution in [-0.4, -0.2) is 47.0 Å². The lowest BCUT2D eigenvalue weighted by atomic mass is 9.47. The molecule has 0 aromatic carbocycles. The van der Waals surface area contributed by atoms with Gasteiger partial charge in [0.2, 0.25) is 3.79 Å². The summed E-state index contributed by atoms with van der Waals surface area (Å²) in [5, 5.41) is 12.0. The van der Waals surface area contributed by atoms with Crippen LogP contribution in [-0.2, 0) is 9.47 Å². The number of aliphatic hydroxyl groups is 1. The molecule has 38 heavy (non-hydrogen) atoms. The summed E-state index contributed by atoms with van der Waals surface area (Å²) < 4.78 is 9.86. The third kappa shape index (κ3) is 6.81. The van der Waals surface area contributed by atoms with Crippen molar-refractivity contribution in [3.05, 3.63) is 11.6 Å². The van der Waals surface area contributed by atoms with Crippen LogP contribution in [0.25, 0.3) is 0 Å². The van der Waals surface area contributed by atoms with Gasteiger partial charge in [0, 0.05) is 19.3 Å². The number of aliphatic hydroxyl groups excluding tert-OH is 1. The standard InChI is InChI=1S/C30H48Cl3NO4/c1-20(34-27(36)38-19-30(31,32)33)24-10-11-25-23-9-8-21-18-22(37-17-7-5-4-6-16-35)12-14-28(21,2)26(23)13-15-29(24,25)3/h8,20,22-26,35H,4-7,9-19H2,1-3H3,(H,34,36)/t20-,22+,23+,24-,25+,26+,28+,29-/m1/s1. The van der Waals surface area contributed by atoms with Crippen LogP contribution in [0.2, 0.25) is 0 Å². The minimum Gasteiger partial charge on any atom is -0.445 e. The molecule has 0 unspecified atom stereocenters. The monoisotopic (exact) mass is 591 g/mol. The number of fused-ring (bicyclic) bond motifs is 5. The maximum absolute atomic E-state index is 12.4. The molecule has 3 saturated carbocycles. The summed E-state index contributed by atoms with van der Waals surface area (Å²) in [4.78, 5) is 12.4. The number of allylic oxidation sites excluding steroid dienone is 1. The predicted octanol–water partition coefficient (Wildman–Crippen LogP) is 7.99. The molecule has 218 valence electrons. The molecule has 0 aliphatic heterocycles. The number of carbonyl (C=O) groups excluding carboxylic acids is 1. The Hall–Kier alpha value is -0.200. The van der Waals surface area contributed by atoms with Crippen molar-refractivity contribution in [2.24, 2.45) is 34.5 Å². The summed E-state index contributed by atoms with van der Waals surface area (Å²) in [6.07, 6.45) is 16.2. The van der Waals surface area contributed by atoms with Gasteiger partial charge in [-0.3, -0.25) is 0 Å². The van der Waals surface area contributed by atoms with Gasteiger partial charge in [0.1, 0.15) is 6.61 Å². The number of hydrogen-bond donors (Lipinski definition) is 2. The van der Waals surface area contributed by atoms with Crippen LogP contribution in [0.4, 0.5) is 4.79 Å². The maximum Gasteiger partial charge on any atom is 0.407 e. The number of unbranched alkanes of at least 4 members (excludes halogenated alkanes) is 3. The van der Waals surface area contributed by atoms with E-state index in [9.17, 15) is 4.79 Å². The highest BCUT2D eigenvalue weighted by Gasteiger charge is 2.59. The Morgan fingerprint density at radius 1 is 1.11 bits per heavy atom. The Kier molecular flexibility index (Phi) is 10.3. The lowest BCUT2D eigenvalue weighted by molar-refractivity contribution is -0.0609. The zero-order chi connectivity index (χ0) is 27.6. The molecule has 4 aliphatic rings. The number of rotatable bonds is 10. The fourth-order valence-electron chi connectivity index (χ4n) is 8.92. The van der Waals surface area contributed by atoms with E-state index in [-0.39, 0.29) is 18.1 Å². The molecular formula is C30H48Cl3NO4. The number of alkyl halides is 3. The second kappa shape index (κ2) is 12.8. The van der Waals surface area contributed by atoms with Gasteiger partial charge < -0.3 is 19.9 Å². The highest BCUT2D eigenvalue weighted by Crippen LogP contribution is 2.66. The summed E-state index contributed by atoms with van der Waals surface area (Å²) >= 11 is 17.2. The average Bonchev–Trinajstić information content (AvgIpc) is 3.22. The van der Waals surface area contributed by atoms with Crippen LogP contribution >= 0.6 is 34.8 Å². The first kappa shape index (κ1) is 30.8. The van der Waals surface area contributed by atoms with Crippen molar-refractivity contribution in [3.63, 3.8) is 0 Å². The molecule has 0 aromatic rings. The quantitative estimate of drug-likeness (QED) is 0.153. The van der Waals surface area contributed by atoms with Gasteiger partial charge in [-0.2, -0.15) is 0 Å². The molecule has 0 saturated heterocycles. The number of amides is 1. The molecule has 0 spiro atoms. The molecule has 8 heteroatoms. The Morgan fingerprint density at radius 2 is 1.87 bits per heavy atom. The van der Waals surface area contributed by atoms with Gasteiger partial charge in [-0.15, -0.1) is 0 Å². The third-order valence-corrected chi connectivity index (χ3v) is 11.2. The molecule has 4 rings (SSSR count). The van der Waals surface area contributed by atoms with Crippen molar-refractivity contribution in [3.8, 4) is 0 Å². The van der Waals surface area contributed by atoms with Gasteiger partial charge in [0.15, 0.2) is 0 Å². The Balaban J connectivity index is 1.34. The van der Waals surface area contributed by atoms with E-state index in [1.165, 1.54) is 32.1 Å². The van der Waals surface area contributed by atoms with Crippen molar-refractivity contribution in [1.82, 2.24) is 5.32 Å². The van der Waals surface area contributed by atoms with Gasteiger partial charge in [0.05, 0.1) is 6.10 Å². The molecule has 1 amide bonds. The zero-order valence-electron chi connectivity index (χ0n) is 23.5. The second-order valence-electron chi connectivity index (χ2n) is 13.0. The molecule has 0 heterocycles. The molecule has 0 aromatic heterocycles. The van der Waals surface area contributed by atoms with E-state index in [2.05, 4.69) is 32.2 Å². The first-order valence-corrected chi connectivity index (χ1v) is 16.0. The number of hydrogen-bond acceptors (Lipinski definition) is 4. The Bertz CT molecular complexity index is 848.